The molecule has 19 heteroatoms. The third-order valence-corrected chi connectivity index (χ3v) is 11.3. The lowest BCUT2D eigenvalue weighted by Gasteiger charge is -2.36. The molecule has 16 nitrogen and oxygen atoms in total. The molecule has 6 rings (SSSR count). The number of alkyl halides is 3. The van der Waals surface area contributed by atoms with E-state index >= 15 is 0 Å². The van der Waals surface area contributed by atoms with E-state index in [0.717, 1.165) is 16.7 Å². The van der Waals surface area contributed by atoms with Crippen molar-refractivity contribution < 1.29 is 46.6 Å². The van der Waals surface area contributed by atoms with Crippen LogP contribution >= 0.6 is 0 Å². The molecular weight excluding hydrogens is 824 g/mol. The molecule has 336 valence electrons. The van der Waals surface area contributed by atoms with Crippen molar-refractivity contribution in [2.75, 3.05) is 11.4 Å². The number of carbonyl (C=O) groups excluding carboxylic acids is 5. The molecule has 2 saturated carbocycles. The van der Waals surface area contributed by atoms with E-state index in [2.05, 4.69) is 41.0 Å². The number of tetrazole rings is 1. The molecule has 63 heavy (non-hydrogen) atoms. The number of nitrogens with zero attached hydrogens (tertiary/aromatic N) is 5. The number of benzene rings is 2. The maximum absolute atomic E-state index is 14.5. The first kappa shape index (κ1) is 46.1. The van der Waals surface area contributed by atoms with Gasteiger partial charge in [0.05, 0.1) is 0 Å². The van der Waals surface area contributed by atoms with Crippen molar-refractivity contribution in [1.82, 2.24) is 36.2 Å². The number of anilines is 1. The summed E-state index contributed by atoms with van der Waals surface area (Å²) in [6.45, 7) is 7.59. The number of amides is 4. The first-order valence-electron chi connectivity index (χ1n) is 20.9. The minimum Gasteiger partial charge on any atom is -0.456 e. The summed E-state index contributed by atoms with van der Waals surface area (Å²) < 4.78 is 47.7. The zero-order chi connectivity index (χ0) is 45.5. The molecule has 2 heterocycles. The number of aromatic amines is 1. The molecule has 0 radical (unpaired) electrons. The van der Waals surface area contributed by atoms with Crippen LogP contribution in [0.25, 0.3) is 22.5 Å². The van der Waals surface area contributed by atoms with Crippen LogP contribution in [0.1, 0.15) is 93.9 Å². The number of H-pyrrole nitrogens is 1. The Bertz CT molecular complexity index is 2230. The van der Waals surface area contributed by atoms with Crippen molar-refractivity contribution in [3.63, 3.8) is 0 Å². The molecule has 4 aromatic rings. The first-order chi connectivity index (χ1) is 29.8. The van der Waals surface area contributed by atoms with Crippen LogP contribution in [-0.4, -0.2) is 91.9 Å². The van der Waals surface area contributed by atoms with Crippen LogP contribution in [0.4, 0.5) is 23.7 Å². The topological polar surface area (TPSA) is 224 Å². The maximum Gasteiger partial charge on any atom is 0.490 e. The van der Waals surface area contributed by atoms with Gasteiger partial charge in [-0.05, 0) is 132 Å². The molecule has 2 aromatic carbocycles. The van der Waals surface area contributed by atoms with E-state index in [4.69, 9.17) is 10.5 Å². The van der Waals surface area contributed by atoms with E-state index in [0.29, 0.717) is 67.8 Å². The lowest BCUT2D eigenvalue weighted by atomic mass is 9.81. The molecule has 0 unspecified atom stereocenters. The standard InChI is InChI=1S/C44H52F3N9O7/c1-25-34(21-22-35(50-25)39(58)51-31-15-19-33(20-16-31)62-41(60)44(45,46)47)28-9-5-26(6-10-28)23-36(37(48)57)56(32-17-13-29(14-18-32)38-52-54-55-53-38)40(59)30-11-7-27(8-12-30)24-49-42(61)63-43(2,3)4/h5-6,9-10,13-14,17-18,21-22,27,30-31,33,36H,7-8,11-12,15-16,19-20,23-24H2,1-4H3,(H2,48,57)(H,49,61)(H,51,58)(H,52,53,54,55)/t27?,30?,31?,33?,36-/m0/s1. The van der Waals surface area contributed by atoms with Gasteiger partial charge in [-0.1, -0.05) is 30.3 Å². The number of primary amides is 1. The number of esters is 1. The number of rotatable bonds is 13. The minimum atomic E-state index is -5.05. The SMILES string of the molecule is Cc1nc(C(=O)NC2CCC(OC(=O)C(F)(F)F)CC2)ccc1-c1ccc(C[C@@H](C(N)=O)N(C(=O)C2CCC(CNC(=O)OC(C)(C)C)CC2)c2ccc(-c3nn[nH]n3)cc2)cc1. The Morgan fingerprint density at radius 3 is 2.10 bits per heavy atom. The Morgan fingerprint density at radius 1 is 0.873 bits per heavy atom. The highest BCUT2D eigenvalue weighted by Gasteiger charge is 2.43. The van der Waals surface area contributed by atoms with E-state index in [-0.39, 0.29) is 42.8 Å². The van der Waals surface area contributed by atoms with Crippen LogP contribution in [0, 0.1) is 18.8 Å². The Kier molecular flexibility index (Phi) is 14.5. The number of hydrogen-bond donors (Lipinski definition) is 4. The monoisotopic (exact) mass is 875 g/mol. The summed E-state index contributed by atoms with van der Waals surface area (Å²) in [5.41, 5.74) is 9.64. The van der Waals surface area contributed by atoms with Gasteiger partial charge in [0, 0.05) is 47.4 Å². The van der Waals surface area contributed by atoms with Crippen molar-refractivity contribution in [1.29, 1.82) is 0 Å². The van der Waals surface area contributed by atoms with Crippen LogP contribution in [-0.2, 0) is 30.3 Å². The number of halogens is 3. The van der Waals surface area contributed by atoms with Crippen LogP contribution in [0.3, 0.4) is 0 Å². The fraction of sp³-hybridized carbons (Fsp3) is 0.477. The van der Waals surface area contributed by atoms with Crippen molar-refractivity contribution in [2.24, 2.45) is 17.6 Å². The van der Waals surface area contributed by atoms with E-state index in [1.807, 2.05) is 24.3 Å². The van der Waals surface area contributed by atoms with Gasteiger partial charge in [0.15, 0.2) is 0 Å². The second-order valence-corrected chi connectivity index (χ2v) is 17.1. The highest BCUT2D eigenvalue weighted by molar-refractivity contribution is 6.02. The Hall–Kier alpha value is -6.40. The summed E-state index contributed by atoms with van der Waals surface area (Å²) in [5, 5.41) is 19.8. The number of alkyl carbamates (subject to hydrolysis) is 1. The number of aryl methyl sites for hydroxylation is 1. The fourth-order valence-electron chi connectivity index (χ4n) is 8.03. The van der Waals surface area contributed by atoms with E-state index < -0.39 is 53.7 Å². The number of carbonyl (C=O) groups is 5. The molecule has 2 aliphatic carbocycles. The van der Waals surface area contributed by atoms with Gasteiger partial charge < -0.3 is 25.8 Å². The summed E-state index contributed by atoms with van der Waals surface area (Å²) in [6, 6.07) is 16.4. The van der Waals surface area contributed by atoms with Crippen LogP contribution < -0.4 is 21.3 Å². The van der Waals surface area contributed by atoms with Gasteiger partial charge in [0.2, 0.25) is 17.6 Å². The largest absolute Gasteiger partial charge is 0.490 e. The van der Waals surface area contributed by atoms with Crippen molar-refractivity contribution in [2.45, 2.75) is 115 Å². The van der Waals surface area contributed by atoms with Gasteiger partial charge in [0.1, 0.15) is 23.4 Å². The molecule has 5 N–H and O–H groups in total. The molecule has 2 aromatic heterocycles. The third kappa shape index (κ3) is 12.4. The number of ether oxygens (including phenoxy) is 2. The summed E-state index contributed by atoms with van der Waals surface area (Å²) in [7, 11) is 0. The van der Waals surface area contributed by atoms with Gasteiger partial charge in [-0.15, -0.1) is 10.2 Å². The molecule has 0 saturated heterocycles. The average Bonchev–Trinajstić information content (AvgIpc) is 3.78. The predicted octanol–water partition coefficient (Wildman–Crippen LogP) is 6.14. The Morgan fingerprint density at radius 2 is 1.52 bits per heavy atom. The minimum absolute atomic E-state index is 0.117. The molecule has 2 fully saturated rings. The molecule has 0 aliphatic heterocycles. The maximum atomic E-state index is 14.5. The van der Waals surface area contributed by atoms with Gasteiger partial charge >= 0.3 is 18.2 Å². The van der Waals surface area contributed by atoms with E-state index in [1.165, 1.54) is 4.90 Å². The lowest BCUT2D eigenvalue weighted by Crippen LogP contribution is -2.52. The van der Waals surface area contributed by atoms with Gasteiger partial charge in [-0.3, -0.25) is 19.3 Å². The van der Waals surface area contributed by atoms with Crippen LogP contribution in [0.5, 0.6) is 0 Å². The van der Waals surface area contributed by atoms with Crippen molar-refractivity contribution in [3.8, 4) is 22.5 Å². The van der Waals surface area contributed by atoms with Crippen LogP contribution in [0.15, 0.2) is 60.7 Å². The zero-order valence-corrected chi connectivity index (χ0v) is 35.5. The van der Waals surface area contributed by atoms with Crippen molar-refractivity contribution in [3.05, 3.63) is 77.6 Å². The van der Waals surface area contributed by atoms with E-state index in [9.17, 15) is 37.1 Å². The van der Waals surface area contributed by atoms with Gasteiger partial charge in [-0.2, -0.15) is 18.4 Å². The summed E-state index contributed by atoms with van der Waals surface area (Å²) >= 11 is 0. The molecule has 1 atom stereocenters. The predicted molar refractivity (Wildman–Crippen MR) is 224 cm³/mol. The molecular formula is C44H52F3N9O7. The first-order valence-corrected chi connectivity index (χ1v) is 20.9. The third-order valence-electron chi connectivity index (χ3n) is 11.3. The smallest absolute Gasteiger partial charge is 0.456 e. The average molecular weight is 876 g/mol. The number of nitrogens with two attached hydrogens (primary N) is 1. The van der Waals surface area contributed by atoms with Crippen LogP contribution in [0.2, 0.25) is 0 Å². The Labute approximate surface area is 362 Å². The Balaban J connectivity index is 1.12. The molecule has 0 bridgehead atoms. The van der Waals surface area contributed by atoms with Gasteiger partial charge in [0.25, 0.3) is 5.91 Å². The summed E-state index contributed by atoms with van der Waals surface area (Å²) in [4.78, 5) is 70.4. The van der Waals surface area contributed by atoms with E-state index in [1.54, 1.807) is 64.1 Å². The number of pyridine rings is 1. The van der Waals surface area contributed by atoms with Gasteiger partial charge in [-0.25, -0.2) is 14.6 Å². The molecule has 2 aliphatic rings. The number of nitrogens with one attached hydrogen (secondary N) is 3. The quantitative estimate of drug-likeness (QED) is 0.112. The van der Waals surface area contributed by atoms with Crippen molar-refractivity contribution >= 4 is 35.5 Å². The number of aromatic nitrogens is 5. The second-order valence-electron chi connectivity index (χ2n) is 17.1. The highest BCUT2D eigenvalue weighted by atomic mass is 19.4. The second kappa shape index (κ2) is 19.8. The fourth-order valence-corrected chi connectivity index (χ4v) is 8.03. The summed E-state index contributed by atoms with van der Waals surface area (Å²) in [5.74, 6) is -3.42. The molecule has 0 spiro atoms. The lowest BCUT2D eigenvalue weighted by molar-refractivity contribution is -0.206. The molecule has 4 amide bonds. The summed E-state index contributed by atoms with van der Waals surface area (Å²) in [6.07, 6.45) is -2.72. The zero-order valence-electron chi connectivity index (χ0n) is 35.5. The normalized spacial score (nSPS) is 19.6. The highest BCUT2D eigenvalue weighted by Crippen LogP contribution is 2.34. The number of hydrogen-bond acceptors (Lipinski definition) is 11.